The molecule has 8 nitrogen and oxygen atoms in total. The lowest BCUT2D eigenvalue weighted by atomic mass is 9.95. The van der Waals surface area contributed by atoms with Crippen LogP contribution in [0.15, 0.2) is 28.8 Å². The largest absolute Gasteiger partial charge is 0.497 e. The lowest BCUT2D eigenvalue weighted by Gasteiger charge is -2.37. The zero-order valence-electron chi connectivity index (χ0n) is 16.5. The number of hydrogen-bond acceptors (Lipinski definition) is 7. The maximum Gasteiger partial charge on any atom is 0.324 e. The van der Waals surface area contributed by atoms with Gasteiger partial charge in [0.05, 0.1) is 7.11 Å². The number of ether oxygens (including phenoxy) is 1. The number of nitrogens with zero attached hydrogens (tertiary/aromatic N) is 5. The zero-order valence-corrected chi connectivity index (χ0v) is 16.5. The van der Waals surface area contributed by atoms with Crippen molar-refractivity contribution in [1.82, 2.24) is 19.9 Å². The normalized spacial score (nSPS) is 19.1. The summed E-state index contributed by atoms with van der Waals surface area (Å²) < 4.78 is 10.6. The Balaban J connectivity index is 1.34. The van der Waals surface area contributed by atoms with Gasteiger partial charge in [-0.2, -0.15) is 4.98 Å². The first kappa shape index (κ1) is 18.7. The van der Waals surface area contributed by atoms with E-state index in [0.29, 0.717) is 17.7 Å². The van der Waals surface area contributed by atoms with Gasteiger partial charge in [0.1, 0.15) is 5.75 Å². The molecule has 2 aliphatic heterocycles. The fourth-order valence-corrected chi connectivity index (χ4v) is 3.80. The molecule has 1 amide bonds. The minimum Gasteiger partial charge on any atom is -0.497 e. The summed E-state index contributed by atoms with van der Waals surface area (Å²) in [5, 5.41) is 4.10. The maximum absolute atomic E-state index is 12.8. The van der Waals surface area contributed by atoms with Crippen molar-refractivity contribution in [3.8, 4) is 17.1 Å². The van der Waals surface area contributed by atoms with Crippen LogP contribution >= 0.6 is 0 Å². The van der Waals surface area contributed by atoms with Crippen molar-refractivity contribution in [2.75, 3.05) is 58.3 Å². The number of hydrogen-bond donors (Lipinski definition) is 0. The summed E-state index contributed by atoms with van der Waals surface area (Å²) in [7, 11) is 3.74. The van der Waals surface area contributed by atoms with Gasteiger partial charge >= 0.3 is 6.01 Å². The number of amides is 1. The first-order chi connectivity index (χ1) is 13.6. The molecule has 0 radical (unpaired) electrons. The van der Waals surface area contributed by atoms with Crippen molar-refractivity contribution in [1.29, 1.82) is 0 Å². The summed E-state index contributed by atoms with van der Waals surface area (Å²) in [5.74, 6) is 1.76. The molecule has 4 rings (SSSR count). The van der Waals surface area contributed by atoms with Crippen LogP contribution in [0.4, 0.5) is 6.01 Å². The topological polar surface area (TPSA) is 74.9 Å². The molecule has 0 N–H and O–H groups in total. The maximum atomic E-state index is 12.8. The smallest absolute Gasteiger partial charge is 0.324 e. The molecule has 0 atom stereocenters. The molecule has 2 aromatic rings. The number of rotatable bonds is 4. The van der Waals surface area contributed by atoms with Crippen molar-refractivity contribution in [2.45, 2.75) is 12.8 Å². The third kappa shape index (κ3) is 3.96. The summed E-state index contributed by atoms with van der Waals surface area (Å²) in [5.41, 5.74) is 0.885. The highest BCUT2D eigenvalue weighted by Gasteiger charge is 2.31. The van der Waals surface area contributed by atoms with Crippen LogP contribution in [0, 0.1) is 5.92 Å². The van der Waals surface area contributed by atoms with Crippen LogP contribution in [-0.2, 0) is 4.79 Å². The second-order valence-corrected chi connectivity index (χ2v) is 7.52. The van der Waals surface area contributed by atoms with E-state index in [9.17, 15) is 4.79 Å². The number of carbonyl (C=O) groups excluding carboxylic acids is 1. The van der Waals surface area contributed by atoms with Crippen molar-refractivity contribution in [3.05, 3.63) is 24.3 Å². The highest BCUT2D eigenvalue weighted by molar-refractivity contribution is 5.79. The zero-order chi connectivity index (χ0) is 19.5. The molecule has 1 aromatic carbocycles. The first-order valence-electron chi connectivity index (χ1n) is 9.84. The summed E-state index contributed by atoms with van der Waals surface area (Å²) in [6, 6.07) is 8.10. The fourth-order valence-electron chi connectivity index (χ4n) is 3.80. The van der Waals surface area contributed by atoms with Crippen molar-refractivity contribution < 1.29 is 14.1 Å². The average molecular weight is 385 g/mol. The van der Waals surface area contributed by atoms with Crippen LogP contribution in [0.5, 0.6) is 5.75 Å². The van der Waals surface area contributed by atoms with Gasteiger partial charge in [-0.05, 0) is 44.2 Å². The van der Waals surface area contributed by atoms with Gasteiger partial charge in [0.15, 0.2) is 0 Å². The van der Waals surface area contributed by atoms with Crippen molar-refractivity contribution >= 4 is 11.9 Å². The standard InChI is InChI=1S/C20H27N5O3/c1-23-11-13-24(14-12-23)19(26)16-7-9-25(10-8-16)20-21-18(22-28-20)15-3-5-17(27-2)6-4-15/h3-6,16H,7-14H2,1-2H3. The third-order valence-electron chi connectivity index (χ3n) is 5.69. The van der Waals surface area contributed by atoms with E-state index in [4.69, 9.17) is 9.26 Å². The van der Waals surface area contributed by atoms with E-state index < -0.39 is 0 Å². The van der Waals surface area contributed by atoms with Gasteiger partial charge in [-0.15, -0.1) is 0 Å². The molecule has 8 heteroatoms. The minimum absolute atomic E-state index is 0.101. The van der Waals surface area contributed by atoms with Crippen LogP contribution < -0.4 is 9.64 Å². The highest BCUT2D eigenvalue weighted by atomic mass is 16.5. The Morgan fingerprint density at radius 1 is 1.07 bits per heavy atom. The third-order valence-corrected chi connectivity index (χ3v) is 5.69. The van der Waals surface area contributed by atoms with Crippen LogP contribution in [-0.4, -0.2) is 79.3 Å². The number of carbonyl (C=O) groups is 1. The molecule has 150 valence electrons. The minimum atomic E-state index is 0.101. The SMILES string of the molecule is COc1ccc(-c2noc(N3CCC(C(=O)N4CCN(C)CC4)CC3)n2)cc1. The second kappa shape index (κ2) is 8.18. The lowest BCUT2D eigenvalue weighted by molar-refractivity contribution is -0.137. The monoisotopic (exact) mass is 385 g/mol. The highest BCUT2D eigenvalue weighted by Crippen LogP contribution is 2.26. The van der Waals surface area contributed by atoms with E-state index in [1.54, 1.807) is 7.11 Å². The molecule has 0 bridgehead atoms. The molecule has 0 spiro atoms. The van der Waals surface area contributed by atoms with Crippen LogP contribution in [0.3, 0.4) is 0 Å². The Bertz CT molecular complexity index is 790. The van der Waals surface area contributed by atoms with Gasteiger partial charge in [-0.25, -0.2) is 0 Å². The molecule has 0 saturated carbocycles. The van der Waals surface area contributed by atoms with Crippen LogP contribution in [0.25, 0.3) is 11.4 Å². The van der Waals surface area contributed by atoms with Gasteiger partial charge in [0, 0.05) is 50.7 Å². The summed E-state index contributed by atoms with van der Waals surface area (Å²) in [4.78, 5) is 23.7. The Morgan fingerprint density at radius 2 is 1.75 bits per heavy atom. The predicted molar refractivity (Wildman–Crippen MR) is 105 cm³/mol. The fraction of sp³-hybridized carbons (Fsp3) is 0.550. The molecule has 0 aliphatic carbocycles. The predicted octanol–water partition coefficient (Wildman–Crippen LogP) is 1.74. The average Bonchev–Trinajstić information content (AvgIpc) is 3.24. The molecule has 2 saturated heterocycles. The molecule has 0 unspecified atom stereocenters. The number of anilines is 1. The summed E-state index contributed by atoms with van der Waals surface area (Å²) in [6.07, 6.45) is 1.65. The number of likely N-dealkylation sites (N-methyl/N-ethyl adjacent to an activating group) is 1. The number of methoxy groups -OCH3 is 1. The Kier molecular flexibility index (Phi) is 5.47. The van der Waals surface area contributed by atoms with Crippen molar-refractivity contribution in [3.63, 3.8) is 0 Å². The first-order valence-corrected chi connectivity index (χ1v) is 9.84. The van der Waals surface area contributed by atoms with Gasteiger partial charge in [0.2, 0.25) is 11.7 Å². The summed E-state index contributed by atoms with van der Waals surface area (Å²) in [6.45, 7) is 5.11. The quantitative estimate of drug-likeness (QED) is 0.793. The van der Waals surface area contributed by atoms with Gasteiger partial charge in [0.25, 0.3) is 0 Å². The molecule has 2 fully saturated rings. The van der Waals surface area contributed by atoms with E-state index in [-0.39, 0.29) is 5.92 Å². The van der Waals surface area contributed by atoms with E-state index in [0.717, 1.165) is 63.4 Å². The number of benzene rings is 1. The van der Waals surface area contributed by atoms with Gasteiger partial charge in [-0.3, -0.25) is 4.79 Å². The second-order valence-electron chi connectivity index (χ2n) is 7.52. The van der Waals surface area contributed by atoms with Gasteiger partial charge < -0.3 is 24.0 Å². The Hall–Kier alpha value is -2.61. The molecule has 28 heavy (non-hydrogen) atoms. The summed E-state index contributed by atoms with van der Waals surface area (Å²) >= 11 is 0. The number of piperidine rings is 1. The number of aromatic nitrogens is 2. The molecule has 2 aliphatic rings. The van der Waals surface area contributed by atoms with E-state index in [2.05, 4.69) is 27.0 Å². The molecular weight excluding hydrogens is 358 g/mol. The van der Waals surface area contributed by atoms with Crippen LogP contribution in [0.1, 0.15) is 12.8 Å². The molecule has 3 heterocycles. The van der Waals surface area contributed by atoms with Crippen molar-refractivity contribution in [2.24, 2.45) is 5.92 Å². The number of piperazine rings is 1. The molecular formula is C20H27N5O3. The van der Waals surface area contributed by atoms with E-state index in [1.165, 1.54) is 0 Å². The van der Waals surface area contributed by atoms with Gasteiger partial charge in [-0.1, -0.05) is 5.16 Å². The van der Waals surface area contributed by atoms with Crippen LogP contribution in [0.2, 0.25) is 0 Å². The van der Waals surface area contributed by atoms with E-state index >= 15 is 0 Å². The van der Waals surface area contributed by atoms with E-state index in [1.807, 2.05) is 29.2 Å². The Morgan fingerprint density at radius 3 is 2.39 bits per heavy atom. The lowest BCUT2D eigenvalue weighted by Crippen LogP contribution is -2.50. The molecule has 1 aromatic heterocycles. The Labute approximate surface area is 165 Å².